The van der Waals surface area contributed by atoms with E-state index in [2.05, 4.69) is 42.8 Å². The molecule has 0 aromatic carbocycles. The Bertz CT molecular complexity index is 628. The van der Waals surface area contributed by atoms with Crippen LogP contribution < -0.4 is 0 Å². The van der Waals surface area contributed by atoms with E-state index in [-0.39, 0.29) is 16.5 Å². The van der Waals surface area contributed by atoms with Crippen molar-refractivity contribution in [3.63, 3.8) is 0 Å². The molecule has 3 saturated carbocycles. The summed E-state index contributed by atoms with van der Waals surface area (Å²) in [6, 6.07) is 0. The normalized spacial score (nSPS) is 50.4. The van der Waals surface area contributed by atoms with E-state index < -0.39 is 5.60 Å². The second-order valence-electron chi connectivity index (χ2n) is 10.2. The Morgan fingerprint density at radius 3 is 2.62 bits per heavy atom. The molecule has 0 heterocycles. The summed E-state index contributed by atoms with van der Waals surface area (Å²) in [6.07, 6.45) is 13.0. The van der Waals surface area contributed by atoms with Gasteiger partial charge in [-0.25, -0.2) is 0 Å². The maximum atomic E-state index is 12.6. The van der Waals surface area contributed by atoms with E-state index in [9.17, 15) is 9.90 Å². The number of ketones is 1. The molecule has 0 saturated heterocycles. The minimum Gasteiger partial charge on any atom is -0.381 e. The van der Waals surface area contributed by atoms with Crippen molar-refractivity contribution >= 4 is 21.7 Å². The van der Waals surface area contributed by atoms with Crippen molar-refractivity contribution in [2.75, 3.05) is 5.33 Å². The van der Waals surface area contributed by atoms with Crippen LogP contribution in [0.2, 0.25) is 0 Å². The quantitative estimate of drug-likeness (QED) is 0.469. The third-order valence-corrected chi connectivity index (χ3v) is 10.0. The maximum absolute atomic E-state index is 12.6. The molecule has 0 aromatic rings. The molecule has 0 amide bonds. The van der Waals surface area contributed by atoms with Gasteiger partial charge in [-0.05, 0) is 80.5 Å². The van der Waals surface area contributed by atoms with Crippen LogP contribution in [0.5, 0.6) is 0 Å². The number of allylic oxidation sites excluding steroid dienone is 2. The van der Waals surface area contributed by atoms with E-state index in [1.807, 2.05) is 0 Å². The predicted molar refractivity (Wildman–Crippen MR) is 109 cm³/mol. The fourth-order valence-corrected chi connectivity index (χ4v) is 8.13. The highest BCUT2D eigenvalue weighted by atomic mass is 79.9. The molecule has 3 heteroatoms. The molecular weight excluding hydrogens is 388 g/mol. The van der Waals surface area contributed by atoms with Crippen LogP contribution in [0.3, 0.4) is 0 Å². The number of hydrogen-bond acceptors (Lipinski definition) is 2. The molecule has 7 atom stereocenters. The number of aliphatic hydroxyl groups is 1. The Hall–Kier alpha value is -0.150. The fourth-order valence-electron chi connectivity index (χ4n) is 7.67. The van der Waals surface area contributed by atoms with E-state index in [1.165, 1.54) is 38.5 Å². The highest BCUT2D eigenvalue weighted by Gasteiger charge is 2.65. The Kier molecular flexibility index (Phi) is 4.75. The molecule has 26 heavy (non-hydrogen) atoms. The molecule has 3 fully saturated rings. The number of Topliss-reactive ketones (excluding diaryl/α,β-unsaturated/α-hetero) is 1. The number of rotatable bonds is 3. The molecule has 0 bridgehead atoms. The number of hydrogen-bond donors (Lipinski definition) is 1. The second kappa shape index (κ2) is 6.44. The molecule has 4 aliphatic rings. The van der Waals surface area contributed by atoms with E-state index in [1.54, 1.807) is 5.57 Å². The summed E-state index contributed by atoms with van der Waals surface area (Å²) in [5, 5.41) is 11.7. The third-order valence-electron chi connectivity index (χ3n) is 9.52. The molecule has 4 aliphatic carbocycles. The van der Waals surface area contributed by atoms with Crippen molar-refractivity contribution in [2.24, 2.45) is 34.5 Å². The summed E-state index contributed by atoms with van der Waals surface area (Å²) in [4.78, 5) is 12.6. The lowest BCUT2D eigenvalue weighted by Gasteiger charge is -2.59. The van der Waals surface area contributed by atoms with Crippen LogP contribution in [0.25, 0.3) is 0 Å². The van der Waals surface area contributed by atoms with Crippen LogP contribution in [0, 0.1) is 34.5 Å². The smallest absolute Gasteiger partial charge is 0.175 e. The summed E-state index contributed by atoms with van der Waals surface area (Å²) in [5.74, 6) is 2.78. The highest BCUT2D eigenvalue weighted by Crippen LogP contribution is 2.67. The first-order valence-electron chi connectivity index (χ1n) is 10.8. The van der Waals surface area contributed by atoms with Crippen molar-refractivity contribution in [1.82, 2.24) is 0 Å². The van der Waals surface area contributed by atoms with Crippen molar-refractivity contribution in [2.45, 2.75) is 84.2 Å². The van der Waals surface area contributed by atoms with Gasteiger partial charge in [0.2, 0.25) is 0 Å². The minimum atomic E-state index is -1.11. The fraction of sp³-hybridized carbons (Fsp3) is 0.870. The SMILES string of the molecule is CCC1CC[C@@]2(C)C(=CC[C@@H]3[C@@H]2CC[C@@]2(C)[C@H]3CC[C@]2(O)C(=O)CBr)C1. The van der Waals surface area contributed by atoms with Crippen LogP contribution >= 0.6 is 15.9 Å². The monoisotopic (exact) mass is 422 g/mol. The first-order chi connectivity index (χ1) is 12.3. The van der Waals surface area contributed by atoms with Gasteiger partial charge in [-0.3, -0.25) is 4.79 Å². The van der Waals surface area contributed by atoms with E-state index in [0.29, 0.717) is 23.7 Å². The van der Waals surface area contributed by atoms with E-state index >= 15 is 0 Å². The van der Waals surface area contributed by atoms with Gasteiger partial charge in [-0.2, -0.15) is 0 Å². The second-order valence-corrected chi connectivity index (χ2v) is 10.7. The van der Waals surface area contributed by atoms with Gasteiger partial charge in [0, 0.05) is 5.41 Å². The lowest BCUT2D eigenvalue weighted by atomic mass is 9.46. The van der Waals surface area contributed by atoms with Crippen molar-refractivity contribution in [3.8, 4) is 0 Å². The molecule has 146 valence electrons. The summed E-state index contributed by atoms with van der Waals surface area (Å²) in [6.45, 7) is 7.10. The first-order valence-corrected chi connectivity index (χ1v) is 11.9. The van der Waals surface area contributed by atoms with Crippen LogP contribution in [0.4, 0.5) is 0 Å². The van der Waals surface area contributed by atoms with E-state index in [4.69, 9.17) is 0 Å². The molecule has 0 aliphatic heterocycles. The van der Waals surface area contributed by atoms with Crippen LogP contribution in [-0.2, 0) is 4.79 Å². The zero-order chi connectivity index (χ0) is 18.7. The standard InChI is InChI=1S/C23H35BrO2/c1-4-15-7-10-21(2)16(13-15)5-6-17-18(21)8-11-22(3)19(17)9-12-23(22,26)20(25)14-24/h5,15,17-19,26H,4,6-14H2,1-3H3/t15?,17-,18+,19+,21+,22+,23+/m1/s1. The topological polar surface area (TPSA) is 37.3 Å². The molecule has 0 radical (unpaired) electrons. The third kappa shape index (κ3) is 2.41. The van der Waals surface area contributed by atoms with Gasteiger partial charge in [0.15, 0.2) is 5.78 Å². The first kappa shape index (κ1) is 19.2. The minimum absolute atomic E-state index is 0.00246. The van der Waals surface area contributed by atoms with Crippen molar-refractivity contribution in [1.29, 1.82) is 0 Å². The van der Waals surface area contributed by atoms with E-state index in [0.717, 1.165) is 24.7 Å². The number of carbonyl (C=O) groups is 1. The lowest BCUT2D eigenvalue weighted by Crippen LogP contribution is -2.57. The Morgan fingerprint density at radius 1 is 1.19 bits per heavy atom. The number of carbonyl (C=O) groups excluding carboxylic acids is 1. The Balaban J connectivity index is 1.65. The van der Waals surface area contributed by atoms with Gasteiger partial charge in [0.1, 0.15) is 5.60 Å². The number of halogens is 1. The molecule has 1 N–H and O–H groups in total. The van der Waals surface area contributed by atoms with Crippen LogP contribution in [0.15, 0.2) is 11.6 Å². The maximum Gasteiger partial charge on any atom is 0.175 e. The van der Waals surface area contributed by atoms with Crippen LogP contribution in [-0.4, -0.2) is 21.8 Å². The van der Waals surface area contributed by atoms with Gasteiger partial charge >= 0.3 is 0 Å². The molecule has 1 unspecified atom stereocenters. The molecule has 2 nitrogen and oxygen atoms in total. The summed E-state index contributed by atoms with van der Waals surface area (Å²) in [7, 11) is 0. The summed E-state index contributed by atoms with van der Waals surface area (Å²) < 4.78 is 0. The van der Waals surface area contributed by atoms with Gasteiger partial charge in [-0.1, -0.05) is 54.8 Å². The summed E-state index contributed by atoms with van der Waals surface area (Å²) >= 11 is 3.32. The van der Waals surface area contributed by atoms with Crippen LogP contribution in [0.1, 0.15) is 78.6 Å². The number of alkyl halides is 1. The van der Waals surface area contributed by atoms with Gasteiger partial charge < -0.3 is 5.11 Å². The Morgan fingerprint density at radius 2 is 1.92 bits per heavy atom. The van der Waals surface area contributed by atoms with Gasteiger partial charge in [0.25, 0.3) is 0 Å². The zero-order valence-electron chi connectivity index (χ0n) is 16.7. The van der Waals surface area contributed by atoms with Crippen molar-refractivity contribution in [3.05, 3.63) is 11.6 Å². The highest BCUT2D eigenvalue weighted by molar-refractivity contribution is 9.09. The van der Waals surface area contributed by atoms with Crippen molar-refractivity contribution < 1.29 is 9.90 Å². The molecule has 0 aromatic heterocycles. The van der Waals surface area contributed by atoms with Gasteiger partial charge in [0.05, 0.1) is 5.33 Å². The molecule has 4 rings (SSSR count). The largest absolute Gasteiger partial charge is 0.381 e. The molecule has 0 spiro atoms. The summed E-state index contributed by atoms with van der Waals surface area (Å²) in [5.41, 5.74) is 0.763. The van der Waals surface area contributed by atoms with Gasteiger partial charge in [-0.15, -0.1) is 0 Å². The number of fused-ring (bicyclic) bond motifs is 5. The average molecular weight is 423 g/mol. The average Bonchev–Trinajstić information content (AvgIpc) is 2.92. The predicted octanol–water partition coefficient (Wildman–Crippen LogP) is 5.67. The lowest BCUT2D eigenvalue weighted by molar-refractivity contribution is -0.158. The zero-order valence-corrected chi connectivity index (χ0v) is 18.3. The Labute approximate surface area is 167 Å². The molecular formula is C23H35BrO2.